The molecule has 1 aromatic carbocycles. The second kappa shape index (κ2) is 8.02. The van der Waals surface area contributed by atoms with E-state index in [9.17, 15) is 9.18 Å². The first-order valence-corrected chi connectivity index (χ1v) is 10.5. The van der Waals surface area contributed by atoms with Gasteiger partial charge in [0, 0.05) is 52.0 Å². The van der Waals surface area contributed by atoms with Crippen molar-refractivity contribution in [2.24, 2.45) is 0 Å². The topological polar surface area (TPSA) is 74.5 Å². The number of rotatable bonds is 4. The van der Waals surface area contributed by atoms with Crippen molar-refractivity contribution in [3.8, 4) is 0 Å². The first kappa shape index (κ1) is 19.5. The van der Waals surface area contributed by atoms with Gasteiger partial charge in [-0.2, -0.15) is 4.98 Å². The first-order valence-electron chi connectivity index (χ1n) is 10.5. The van der Waals surface area contributed by atoms with Crippen molar-refractivity contribution < 1.29 is 13.6 Å². The lowest BCUT2D eigenvalue weighted by atomic mass is 9.84. The third-order valence-electron chi connectivity index (χ3n) is 6.06. The Labute approximate surface area is 179 Å². The number of Topliss-reactive ketones (excluding diaryl/α,β-unsaturated/α-hetero) is 1. The predicted octanol–water partition coefficient (Wildman–Crippen LogP) is 3.49. The Morgan fingerprint density at radius 3 is 2.52 bits per heavy atom. The maximum atomic E-state index is 14.1. The van der Waals surface area contributed by atoms with Gasteiger partial charge in [-0.05, 0) is 24.3 Å². The summed E-state index contributed by atoms with van der Waals surface area (Å²) in [6, 6.07) is 10.6. The molecule has 1 N–H and O–H groups in total. The number of hydrogen-bond donors (Lipinski definition) is 1. The van der Waals surface area contributed by atoms with Gasteiger partial charge in [-0.15, -0.1) is 0 Å². The molecule has 0 unspecified atom stereocenters. The van der Waals surface area contributed by atoms with Gasteiger partial charge in [-0.25, -0.2) is 9.37 Å². The van der Waals surface area contributed by atoms with E-state index in [0.717, 1.165) is 11.5 Å². The summed E-state index contributed by atoms with van der Waals surface area (Å²) in [6.45, 7) is 2.69. The highest BCUT2D eigenvalue weighted by Crippen LogP contribution is 2.35. The minimum absolute atomic E-state index is 0.0136. The lowest BCUT2D eigenvalue weighted by molar-refractivity contribution is 0.0959. The molecule has 31 heavy (non-hydrogen) atoms. The highest BCUT2D eigenvalue weighted by molar-refractivity contribution is 6.03. The monoisotopic (exact) mass is 421 g/mol. The third-order valence-corrected chi connectivity index (χ3v) is 6.06. The molecule has 0 bridgehead atoms. The summed E-state index contributed by atoms with van der Waals surface area (Å²) in [7, 11) is 1.77. The number of piperazine rings is 1. The molecule has 0 radical (unpaired) electrons. The number of benzene rings is 1. The van der Waals surface area contributed by atoms with Crippen molar-refractivity contribution in [2.75, 3.05) is 48.3 Å². The number of carbonyl (C=O) groups excluding carboxylic acids is 1. The molecular weight excluding hydrogens is 397 g/mol. The van der Waals surface area contributed by atoms with Crippen molar-refractivity contribution in [3.05, 3.63) is 65.5 Å². The molecule has 1 saturated heterocycles. The van der Waals surface area contributed by atoms with Gasteiger partial charge in [0.05, 0.1) is 23.2 Å². The molecule has 7 nitrogen and oxygen atoms in total. The van der Waals surface area contributed by atoms with Gasteiger partial charge in [0.25, 0.3) is 0 Å². The third kappa shape index (κ3) is 3.62. The number of hydrogen-bond acceptors (Lipinski definition) is 7. The summed E-state index contributed by atoms with van der Waals surface area (Å²) in [5.74, 6) is 1.79. The zero-order valence-electron chi connectivity index (χ0n) is 17.3. The zero-order chi connectivity index (χ0) is 21.4. The number of halogens is 1. The van der Waals surface area contributed by atoms with Crippen molar-refractivity contribution in [1.29, 1.82) is 0 Å². The summed E-state index contributed by atoms with van der Waals surface area (Å²) in [5.41, 5.74) is 1.96. The van der Waals surface area contributed by atoms with Gasteiger partial charge in [0.2, 0.25) is 5.95 Å². The van der Waals surface area contributed by atoms with Gasteiger partial charge in [-0.1, -0.05) is 12.1 Å². The number of nitrogens with zero attached hydrogens (tertiary/aromatic N) is 4. The molecule has 8 heteroatoms. The summed E-state index contributed by atoms with van der Waals surface area (Å²) >= 11 is 0. The SMILES string of the molecule is CNc1nc(N2CCN(c3ccccc3F)CC2)nc2c1C(=O)C[C@@H](c1ccco1)C2. The van der Waals surface area contributed by atoms with E-state index >= 15 is 0 Å². The second-order valence-corrected chi connectivity index (χ2v) is 7.91. The minimum Gasteiger partial charge on any atom is -0.469 e. The van der Waals surface area contributed by atoms with Crippen LogP contribution in [0.3, 0.4) is 0 Å². The number of furan rings is 1. The number of fused-ring (bicyclic) bond motifs is 1. The molecule has 1 fully saturated rings. The average Bonchev–Trinajstić information content (AvgIpc) is 3.34. The lowest BCUT2D eigenvalue weighted by Gasteiger charge is -2.36. The van der Waals surface area contributed by atoms with Crippen molar-refractivity contribution in [3.63, 3.8) is 0 Å². The van der Waals surface area contributed by atoms with Crippen molar-refractivity contribution >= 4 is 23.2 Å². The van der Waals surface area contributed by atoms with E-state index in [4.69, 9.17) is 9.40 Å². The van der Waals surface area contributed by atoms with Gasteiger partial charge >= 0.3 is 0 Å². The van der Waals surface area contributed by atoms with E-state index in [1.54, 1.807) is 25.4 Å². The Morgan fingerprint density at radius 1 is 1.03 bits per heavy atom. The van der Waals surface area contributed by atoms with E-state index in [1.807, 2.05) is 23.1 Å². The van der Waals surface area contributed by atoms with Gasteiger partial charge in [0.15, 0.2) is 5.78 Å². The van der Waals surface area contributed by atoms with Crippen LogP contribution in [0.4, 0.5) is 21.8 Å². The van der Waals surface area contributed by atoms with Crippen LogP contribution in [0, 0.1) is 5.82 Å². The summed E-state index contributed by atoms with van der Waals surface area (Å²) in [6.07, 6.45) is 2.65. The fraction of sp³-hybridized carbons (Fsp3) is 0.348. The molecule has 0 saturated carbocycles. The molecule has 0 amide bonds. The normalized spacial score (nSPS) is 18.8. The lowest BCUT2D eigenvalue weighted by Crippen LogP contribution is -2.47. The largest absolute Gasteiger partial charge is 0.469 e. The van der Waals surface area contributed by atoms with E-state index in [0.29, 0.717) is 62.0 Å². The minimum atomic E-state index is -0.207. The Kier molecular flexibility index (Phi) is 5.05. The number of para-hydroxylation sites is 1. The van der Waals surface area contributed by atoms with Gasteiger partial charge < -0.3 is 19.5 Å². The average molecular weight is 421 g/mol. The molecular formula is C23H24FN5O2. The van der Waals surface area contributed by atoms with Gasteiger partial charge in [0.1, 0.15) is 17.4 Å². The van der Waals surface area contributed by atoms with Crippen LogP contribution in [0.1, 0.15) is 34.2 Å². The van der Waals surface area contributed by atoms with E-state index in [-0.39, 0.29) is 17.5 Å². The molecule has 0 spiro atoms. The summed E-state index contributed by atoms with van der Waals surface area (Å²) in [5, 5.41) is 3.07. The molecule has 1 aliphatic carbocycles. The van der Waals surface area contributed by atoms with E-state index < -0.39 is 0 Å². The Bertz CT molecular complexity index is 1090. The molecule has 1 aliphatic heterocycles. The Morgan fingerprint density at radius 2 is 1.81 bits per heavy atom. The number of aromatic nitrogens is 2. The van der Waals surface area contributed by atoms with Crippen LogP contribution in [0.15, 0.2) is 47.1 Å². The highest BCUT2D eigenvalue weighted by Gasteiger charge is 2.33. The summed E-state index contributed by atoms with van der Waals surface area (Å²) in [4.78, 5) is 26.5. The molecule has 2 aromatic heterocycles. The number of nitrogens with one attached hydrogen (secondary N) is 1. The van der Waals surface area contributed by atoms with Crippen LogP contribution in [0.5, 0.6) is 0 Å². The quantitative estimate of drug-likeness (QED) is 0.691. The molecule has 2 aliphatic rings. The molecule has 3 aromatic rings. The molecule has 160 valence electrons. The maximum Gasteiger partial charge on any atom is 0.227 e. The molecule has 5 rings (SSSR count). The Balaban J connectivity index is 1.39. The van der Waals surface area contributed by atoms with Crippen LogP contribution in [-0.2, 0) is 6.42 Å². The number of anilines is 3. The molecule has 1 atom stereocenters. The smallest absolute Gasteiger partial charge is 0.227 e. The second-order valence-electron chi connectivity index (χ2n) is 7.91. The van der Waals surface area contributed by atoms with Crippen molar-refractivity contribution in [2.45, 2.75) is 18.8 Å². The first-order chi connectivity index (χ1) is 15.1. The van der Waals surface area contributed by atoms with Crippen LogP contribution in [-0.4, -0.2) is 49.0 Å². The Hall–Kier alpha value is -3.42. The highest BCUT2D eigenvalue weighted by atomic mass is 19.1. The van der Waals surface area contributed by atoms with E-state index in [1.165, 1.54) is 6.07 Å². The fourth-order valence-electron chi connectivity index (χ4n) is 4.47. The van der Waals surface area contributed by atoms with Gasteiger partial charge in [-0.3, -0.25) is 4.79 Å². The maximum absolute atomic E-state index is 14.1. The van der Waals surface area contributed by atoms with Crippen LogP contribution in [0.25, 0.3) is 0 Å². The zero-order valence-corrected chi connectivity index (χ0v) is 17.3. The van der Waals surface area contributed by atoms with Crippen LogP contribution in [0.2, 0.25) is 0 Å². The fourth-order valence-corrected chi connectivity index (χ4v) is 4.47. The molecule has 3 heterocycles. The predicted molar refractivity (Wildman–Crippen MR) is 117 cm³/mol. The van der Waals surface area contributed by atoms with Crippen molar-refractivity contribution in [1.82, 2.24) is 9.97 Å². The number of ketones is 1. The number of carbonyl (C=O) groups is 1. The van der Waals surface area contributed by atoms with Crippen LogP contribution >= 0.6 is 0 Å². The van der Waals surface area contributed by atoms with E-state index in [2.05, 4.69) is 15.2 Å². The summed E-state index contributed by atoms with van der Waals surface area (Å²) < 4.78 is 19.7. The standard InChI is InChI=1S/C23H24FN5O2/c1-25-22-21-17(13-15(14-19(21)30)20-7-4-12-31-20)26-23(27-22)29-10-8-28(9-11-29)18-6-3-2-5-16(18)24/h2-7,12,15H,8-11,13-14H2,1H3,(H,25,26,27)/t15-/m0/s1. The van der Waals surface area contributed by atoms with Crippen LogP contribution < -0.4 is 15.1 Å².